The van der Waals surface area contributed by atoms with Crippen LogP contribution in [-0.2, 0) is 0 Å². The number of aromatic nitrogens is 1. The van der Waals surface area contributed by atoms with E-state index in [0.717, 1.165) is 17.1 Å². The summed E-state index contributed by atoms with van der Waals surface area (Å²) in [4.78, 5) is 7.19. The van der Waals surface area contributed by atoms with Crippen molar-refractivity contribution in [1.82, 2.24) is 4.98 Å². The van der Waals surface area contributed by atoms with E-state index in [0.29, 0.717) is 0 Å². The molecule has 0 bridgehead atoms. The number of rotatable bonds is 0. The van der Waals surface area contributed by atoms with Crippen LogP contribution in [0.1, 0.15) is 6.42 Å². The van der Waals surface area contributed by atoms with E-state index in [1.807, 2.05) is 12.3 Å². The molecule has 0 radical (unpaired) electrons. The highest BCUT2D eigenvalue weighted by Gasteiger charge is 2.03. The Morgan fingerprint density at radius 2 is 2.60 bits per heavy atom. The molecule has 1 aliphatic heterocycles. The van der Waals surface area contributed by atoms with Crippen LogP contribution in [0.3, 0.4) is 0 Å². The molecule has 1 N–H and O–H groups in total. The summed E-state index contributed by atoms with van der Waals surface area (Å²) in [6.45, 7) is 0. The minimum absolute atomic E-state index is 0.0776. The van der Waals surface area contributed by atoms with Crippen molar-refractivity contribution in [2.75, 3.05) is 0 Å². The molecule has 1 aliphatic rings. The van der Waals surface area contributed by atoms with Crippen LogP contribution in [0.5, 0.6) is 0 Å². The lowest BCUT2D eigenvalue weighted by Gasteiger charge is -2.00. The summed E-state index contributed by atoms with van der Waals surface area (Å²) >= 11 is 5.78. The normalized spacial score (nSPS) is 22.7. The molecule has 52 valence electrons. The molecule has 0 aliphatic carbocycles. The zero-order valence-corrected chi connectivity index (χ0v) is 6.10. The number of nitrogens with zero attached hydrogens (tertiary/aromatic N) is 1. The lowest BCUT2D eigenvalue weighted by molar-refractivity contribution is 0.868. The fourth-order valence-corrected chi connectivity index (χ4v) is 1.25. The van der Waals surface area contributed by atoms with Crippen LogP contribution < -0.4 is 10.7 Å². The minimum atomic E-state index is -0.0776. The van der Waals surface area contributed by atoms with Crippen molar-refractivity contribution in [1.29, 1.82) is 0 Å². The Morgan fingerprint density at radius 1 is 1.70 bits per heavy atom. The fraction of sp³-hybridized carbons (Fsp3) is 0.286. The molecule has 1 aromatic rings. The first kappa shape index (κ1) is 5.98. The van der Waals surface area contributed by atoms with Crippen LogP contribution in [0.25, 0.3) is 6.08 Å². The Labute approximate surface area is 63.2 Å². The predicted octanol–water partition coefficient (Wildman–Crippen LogP) is 0.383. The van der Waals surface area contributed by atoms with Gasteiger partial charge in [0.25, 0.3) is 0 Å². The van der Waals surface area contributed by atoms with Gasteiger partial charge in [-0.15, -0.1) is 0 Å². The molecule has 10 heavy (non-hydrogen) atoms. The number of hydrogen-bond donors (Lipinski definition) is 1. The molecule has 1 atom stereocenters. The Morgan fingerprint density at radius 3 is 3.50 bits per heavy atom. The first-order chi connectivity index (χ1) is 4.86. The van der Waals surface area contributed by atoms with Crippen molar-refractivity contribution < 1.29 is 0 Å². The summed E-state index contributed by atoms with van der Waals surface area (Å²) in [5.41, 5.74) is 0.831. The van der Waals surface area contributed by atoms with Gasteiger partial charge in [0.2, 0.25) is 0 Å². The van der Waals surface area contributed by atoms with E-state index in [-0.39, 0.29) is 5.50 Å². The van der Waals surface area contributed by atoms with E-state index in [9.17, 15) is 0 Å². The van der Waals surface area contributed by atoms with Crippen LogP contribution in [0.4, 0.5) is 0 Å². The second-order valence-corrected chi connectivity index (χ2v) is 2.79. The Kier molecular flexibility index (Phi) is 1.27. The van der Waals surface area contributed by atoms with Crippen LogP contribution in [0, 0.1) is 0 Å². The van der Waals surface area contributed by atoms with E-state index in [1.165, 1.54) is 0 Å². The predicted molar refractivity (Wildman–Crippen MR) is 40.3 cm³/mol. The molecule has 1 unspecified atom stereocenters. The molecular formula is C7H7ClN2. The van der Waals surface area contributed by atoms with Crippen LogP contribution >= 0.6 is 11.6 Å². The molecule has 0 amide bonds. The van der Waals surface area contributed by atoms with E-state index >= 15 is 0 Å². The molecule has 0 saturated carbocycles. The first-order valence-corrected chi connectivity index (χ1v) is 3.65. The van der Waals surface area contributed by atoms with E-state index in [4.69, 9.17) is 11.6 Å². The van der Waals surface area contributed by atoms with Gasteiger partial charge in [-0.3, -0.25) is 0 Å². The van der Waals surface area contributed by atoms with Gasteiger partial charge in [-0.25, -0.2) is 4.99 Å². The summed E-state index contributed by atoms with van der Waals surface area (Å²) < 4.78 is 0. The van der Waals surface area contributed by atoms with Gasteiger partial charge >= 0.3 is 0 Å². The average molecular weight is 155 g/mol. The highest BCUT2D eigenvalue weighted by Crippen LogP contribution is 2.04. The highest BCUT2D eigenvalue weighted by atomic mass is 35.5. The van der Waals surface area contributed by atoms with Crippen molar-refractivity contribution in [3.8, 4) is 0 Å². The van der Waals surface area contributed by atoms with E-state index in [1.54, 1.807) is 0 Å². The van der Waals surface area contributed by atoms with Gasteiger partial charge in [0.15, 0.2) is 0 Å². The quantitative estimate of drug-likeness (QED) is 0.414. The SMILES string of the molecule is ClC1CC=c2cc[nH]c2=N1. The van der Waals surface area contributed by atoms with Crippen molar-refractivity contribution >= 4 is 17.7 Å². The number of halogens is 1. The lowest BCUT2D eigenvalue weighted by Crippen LogP contribution is -2.27. The van der Waals surface area contributed by atoms with E-state index < -0.39 is 0 Å². The largest absolute Gasteiger partial charge is 0.346 e. The molecule has 0 saturated heterocycles. The number of aromatic amines is 1. The first-order valence-electron chi connectivity index (χ1n) is 3.22. The monoisotopic (exact) mass is 154 g/mol. The molecule has 0 fully saturated rings. The molecule has 3 heteroatoms. The highest BCUT2D eigenvalue weighted by molar-refractivity contribution is 6.20. The van der Waals surface area contributed by atoms with Gasteiger partial charge in [0.05, 0.1) is 0 Å². The second kappa shape index (κ2) is 2.13. The summed E-state index contributed by atoms with van der Waals surface area (Å²) in [6.07, 6.45) is 4.81. The van der Waals surface area contributed by atoms with Gasteiger partial charge in [0, 0.05) is 17.8 Å². The van der Waals surface area contributed by atoms with E-state index in [2.05, 4.69) is 16.1 Å². The van der Waals surface area contributed by atoms with Crippen molar-refractivity contribution in [3.63, 3.8) is 0 Å². The number of alkyl halides is 1. The Balaban J connectivity index is 2.73. The third-order valence-electron chi connectivity index (χ3n) is 1.56. The lowest BCUT2D eigenvalue weighted by atomic mass is 10.3. The van der Waals surface area contributed by atoms with Gasteiger partial charge in [-0.1, -0.05) is 17.7 Å². The standard InChI is InChI=1S/C7H7ClN2/c8-6-2-1-5-3-4-9-7(5)10-6/h1,3-4,6H,2H2,(H,9,10). The minimum Gasteiger partial charge on any atom is -0.346 e. The second-order valence-electron chi connectivity index (χ2n) is 2.29. The van der Waals surface area contributed by atoms with Crippen molar-refractivity contribution in [2.45, 2.75) is 11.9 Å². The molecule has 0 aromatic carbocycles. The summed E-state index contributed by atoms with van der Waals surface area (Å²) in [7, 11) is 0. The molecule has 2 heterocycles. The third kappa shape index (κ3) is 0.847. The zero-order chi connectivity index (χ0) is 6.97. The molecule has 0 spiro atoms. The van der Waals surface area contributed by atoms with Gasteiger partial charge in [-0.05, 0) is 6.07 Å². The third-order valence-corrected chi connectivity index (χ3v) is 1.83. The molecule has 1 aromatic heterocycles. The van der Waals surface area contributed by atoms with Gasteiger partial charge in [0.1, 0.15) is 11.0 Å². The van der Waals surface area contributed by atoms with Crippen molar-refractivity contribution in [2.24, 2.45) is 4.99 Å². The summed E-state index contributed by atoms with van der Waals surface area (Å²) in [5, 5.41) is 1.16. The van der Waals surface area contributed by atoms with Gasteiger partial charge < -0.3 is 4.98 Å². The Hall–Kier alpha value is -0.760. The summed E-state index contributed by atoms with van der Waals surface area (Å²) in [6, 6.07) is 2.00. The van der Waals surface area contributed by atoms with Crippen LogP contribution in [0.15, 0.2) is 17.3 Å². The molecule has 2 nitrogen and oxygen atoms in total. The molecule has 2 rings (SSSR count). The number of nitrogens with one attached hydrogen (secondary N) is 1. The van der Waals surface area contributed by atoms with Crippen LogP contribution in [0.2, 0.25) is 0 Å². The topological polar surface area (TPSA) is 28.1 Å². The maximum absolute atomic E-state index is 5.78. The maximum Gasteiger partial charge on any atom is 0.133 e. The maximum atomic E-state index is 5.78. The van der Waals surface area contributed by atoms with Gasteiger partial charge in [-0.2, -0.15) is 0 Å². The van der Waals surface area contributed by atoms with Crippen LogP contribution in [-0.4, -0.2) is 10.5 Å². The zero-order valence-electron chi connectivity index (χ0n) is 5.34. The number of hydrogen-bond acceptors (Lipinski definition) is 1. The fourth-order valence-electron chi connectivity index (χ4n) is 1.07. The smallest absolute Gasteiger partial charge is 0.133 e. The number of fused-ring (bicyclic) bond motifs is 1. The number of H-pyrrole nitrogens is 1. The van der Waals surface area contributed by atoms with Crippen molar-refractivity contribution in [3.05, 3.63) is 23.0 Å². The average Bonchev–Trinajstić information content (AvgIpc) is 2.33. The molecular weight excluding hydrogens is 148 g/mol. The Bertz CT molecular complexity index is 339. The summed E-state index contributed by atoms with van der Waals surface area (Å²) in [5.74, 6) is 0.